The fraction of sp³-hybridized carbons (Fsp3) is 0.667. The minimum absolute atomic E-state index is 0.122. The van der Waals surface area contributed by atoms with Crippen LogP contribution in [0.15, 0.2) is 12.7 Å². The van der Waals surface area contributed by atoms with Crippen molar-refractivity contribution in [2.24, 2.45) is 5.92 Å². The number of carbonyl (C=O) groups is 2. The quantitative estimate of drug-likeness (QED) is 0.589. The topological polar surface area (TPSA) is 81.7 Å². The minimum atomic E-state index is -0.703. The average Bonchev–Trinajstić information content (AvgIpc) is 2.23. The molecule has 1 saturated heterocycles. The Morgan fingerprint density at radius 1 is 1.50 bits per heavy atom. The number of rotatable bonds is 5. The molecule has 1 aliphatic rings. The van der Waals surface area contributed by atoms with Crippen LogP contribution in [-0.2, 0) is 4.79 Å². The van der Waals surface area contributed by atoms with Gasteiger partial charge in [0.15, 0.2) is 0 Å². The Morgan fingerprint density at radius 2 is 2.11 bits per heavy atom. The number of β-amino-alcohol motifs (C(OH)–C–C–N with tert-alkyl or cyclic N) is 1. The number of carbonyl (C=O) groups excluding carboxylic acids is 2. The van der Waals surface area contributed by atoms with Gasteiger partial charge in [-0.25, -0.2) is 4.79 Å². The number of nitrogens with zero attached hydrogens (tertiary/aromatic N) is 1. The molecule has 0 saturated carbocycles. The van der Waals surface area contributed by atoms with E-state index in [9.17, 15) is 14.7 Å². The van der Waals surface area contributed by atoms with Crippen LogP contribution in [0.2, 0.25) is 0 Å². The fourth-order valence-corrected chi connectivity index (χ4v) is 1.78. The summed E-state index contributed by atoms with van der Waals surface area (Å²) in [5, 5.41) is 14.7. The Kier molecular flexibility index (Phi) is 4.86. The monoisotopic (exact) mass is 255 g/mol. The Labute approximate surface area is 107 Å². The predicted octanol–water partition coefficient (Wildman–Crippen LogP) is -0.299. The predicted molar refractivity (Wildman–Crippen MR) is 68.0 cm³/mol. The van der Waals surface area contributed by atoms with Crippen LogP contribution in [0.4, 0.5) is 4.79 Å². The Bertz CT molecular complexity index is 335. The van der Waals surface area contributed by atoms with Gasteiger partial charge in [-0.2, -0.15) is 0 Å². The van der Waals surface area contributed by atoms with Gasteiger partial charge < -0.3 is 10.4 Å². The molecule has 6 heteroatoms. The zero-order valence-electron chi connectivity index (χ0n) is 10.9. The van der Waals surface area contributed by atoms with Crippen molar-refractivity contribution >= 4 is 11.9 Å². The van der Waals surface area contributed by atoms with Gasteiger partial charge in [0.25, 0.3) is 0 Å². The lowest BCUT2D eigenvalue weighted by Crippen LogP contribution is -2.66. The van der Waals surface area contributed by atoms with Gasteiger partial charge >= 0.3 is 6.03 Å². The first-order valence-electron chi connectivity index (χ1n) is 6.00. The van der Waals surface area contributed by atoms with Crippen molar-refractivity contribution in [3.63, 3.8) is 0 Å². The van der Waals surface area contributed by atoms with Gasteiger partial charge in [-0.05, 0) is 5.92 Å². The van der Waals surface area contributed by atoms with Gasteiger partial charge in [0, 0.05) is 19.6 Å². The summed E-state index contributed by atoms with van der Waals surface area (Å²) in [4.78, 5) is 24.5. The molecule has 102 valence electrons. The summed E-state index contributed by atoms with van der Waals surface area (Å²) in [7, 11) is 0. The molecule has 1 aliphatic heterocycles. The molecule has 0 unspecified atom stereocenters. The molecule has 0 spiro atoms. The van der Waals surface area contributed by atoms with Crippen LogP contribution < -0.4 is 10.6 Å². The molecule has 0 aromatic rings. The SMILES string of the molecule is C=CCNC(=O)NC(=O)CN1CC(O)(C(C)C)C1. The zero-order valence-corrected chi connectivity index (χ0v) is 10.9. The van der Waals surface area contributed by atoms with Gasteiger partial charge in [-0.3, -0.25) is 15.0 Å². The maximum Gasteiger partial charge on any atom is 0.321 e. The van der Waals surface area contributed by atoms with Crippen molar-refractivity contribution in [3.05, 3.63) is 12.7 Å². The molecular weight excluding hydrogens is 234 g/mol. The number of amides is 3. The lowest BCUT2D eigenvalue weighted by Gasteiger charge is -2.48. The lowest BCUT2D eigenvalue weighted by molar-refractivity contribution is -0.141. The van der Waals surface area contributed by atoms with Gasteiger partial charge in [0.05, 0.1) is 12.1 Å². The van der Waals surface area contributed by atoms with Crippen molar-refractivity contribution in [2.45, 2.75) is 19.4 Å². The van der Waals surface area contributed by atoms with Crippen LogP contribution in [0.1, 0.15) is 13.8 Å². The maximum atomic E-state index is 11.5. The summed E-state index contributed by atoms with van der Waals surface area (Å²) in [6, 6.07) is -0.528. The fourth-order valence-electron chi connectivity index (χ4n) is 1.78. The van der Waals surface area contributed by atoms with Gasteiger partial charge in [-0.15, -0.1) is 6.58 Å². The zero-order chi connectivity index (χ0) is 13.8. The summed E-state index contributed by atoms with van der Waals surface area (Å²) in [5.41, 5.74) is -0.703. The normalized spacial score (nSPS) is 18.0. The number of hydrogen-bond donors (Lipinski definition) is 3. The van der Waals surface area contributed by atoms with E-state index in [0.717, 1.165) is 0 Å². The van der Waals surface area contributed by atoms with Gasteiger partial charge in [-0.1, -0.05) is 19.9 Å². The van der Waals surface area contributed by atoms with Gasteiger partial charge in [0.2, 0.25) is 5.91 Å². The second-order valence-corrected chi connectivity index (χ2v) is 4.95. The summed E-state index contributed by atoms with van der Waals surface area (Å²) >= 11 is 0. The molecule has 0 aliphatic carbocycles. The van der Waals surface area contributed by atoms with Crippen LogP contribution in [0.25, 0.3) is 0 Å². The van der Waals surface area contributed by atoms with Crippen molar-refractivity contribution in [3.8, 4) is 0 Å². The maximum absolute atomic E-state index is 11.5. The third-order valence-electron chi connectivity index (χ3n) is 3.10. The molecule has 0 aromatic heterocycles. The second kappa shape index (κ2) is 5.97. The standard InChI is InChI=1S/C12H21N3O3/c1-4-5-13-11(17)14-10(16)6-15-7-12(18,8-15)9(2)3/h4,9,18H,1,5-8H2,2-3H3,(H2,13,14,16,17). The number of nitrogens with one attached hydrogen (secondary N) is 2. The van der Waals surface area contributed by atoms with E-state index in [-0.39, 0.29) is 18.4 Å². The molecule has 3 amide bonds. The van der Waals surface area contributed by atoms with E-state index in [0.29, 0.717) is 19.6 Å². The Hall–Kier alpha value is -1.40. The van der Waals surface area contributed by atoms with E-state index < -0.39 is 11.6 Å². The average molecular weight is 255 g/mol. The summed E-state index contributed by atoms with van der Waals surface area (Å²) < 4.78 is 0. The third kappa shape index (κ3) is 3.82. The first kappa shape index (κ1) is 14.7. The van der Waals surface area contributed by atoms with E-state index >= 15 is 0 Å². The molecule has 1 fully saturated rings. The number of likely N-dealkylation sites (tertiary alicyclic amines) is 1. The van der Waals surface area contributed by atoms with Crippen LogP contribution in [0, 0.1) is 5.92 Å². The highest BCUT2D eigenvalue weighted by Crippen LogP contribution is 2.27. The number of imide groups is 1. The van der Waals surface area contributed by atoms with Crippen molar-refractivity contribution in [2.75, 3.05) is 26.2 Å². The molecule has 1 rings (SSSR count). The largest absolute Gasteiger partial charge is 0.387 e. The molecule has 3 N–H and O–H groups in total. The molecule has 0 aromatic carbocycles. The molecule has 0 atom stereocenters. The highest BCUT2D eigenvalue weighted by molar-refractivity contribution is 5.95. The van der Waals surface area contributed by atoms with E-state index in [1.165, 1.54) is 6.08 Å². The summed E-state index contributed by atoms with van der Waals surface area (Å²) in [6.07, 6.45) is 1.53. The van der Waals surface area contributed by atoms with Crippen molar-refractivity contribution < 1.29 is 14.7 Å². The summed E-state index contributed by atoms with van der Waals surface area (Å²) in [5.74, 6) is -0.213. The second-order valence-electron chi connectivity index (χ2n) is 4.95. The van der Waals surface area contributed by atoms with Crippen molar-refractivity contribution in [1.82, 2.24) is 15.5 Å². The molecule has 0 bridgehead atoms. The Balaban J connectivity index is 2.23. The van der Waals surface area contributed by atoms with Gasteiger partial charge in [0.1, 0.15) is 0 Å². The van der Waals surface area contributed by atoms with E-state index in [2.05, 4.69) is 17.2 Å². The van der Waals surface area contributed by atoms with Crippen LogP contribution >= 0.6 is 0 Å². The molecular formula is C12H21N3O3. The Morgan fingerprint density at radius 3 is 2.61 bits per heavy atom. The number of urea groups is 1. The summed E-state index contributed by atoms with van der Waals surface area (Å²) in [6.45, 7) is 8.71. The highest BCUT2D eigenvalue weighted by atomic mass is 16.3. The molecule has 1 heterocycles. The van der Waals surface area contributed by atoms with Crippen LogP contribution in [0.5, 0.6) is 0 Å². The van der Waals surface area contributed by atoms with E-state index in [4.69, 9.17) is 0 Å². The van der Waals surface area contributed by atoms with Crippen molar-refractivity contribution in [1.29, 1.82) is 0 Å². The third-order valence-corrected chi connectivity index (χ3v) is 3.10. The number of aliphatic hydroxyl groups is 1. The number of hydrogen-bond acceptors (Lipinski definition) is 4. The molecule has 18 heavy (non-hydrogen) atoms. The first-order valence-corrected chi connectivity index (χ1v) is 6.00. The van der Waals surface area contributed by atoms with E-state index in [1.807, 2.05) is 13.8 Å². The minimum Gasteiger partial charge on any atom is -0.387 e. The smallest absolute Gasteiger partial charge is 0.321 e. The van der Waals surface area contributed by atoms with Crippen LogP contribution in [0.3, 0.4) is 0 Å². The molecule has 6 nitrogen and oxygen atoms in total. The highest BCUT2D eigenvalue weighted by Gasteiger charge is 2.43. The van der Waals surface area contributed by atoms with Crippen LogP contribution in [-0.4, -0.2) is 53.7 Å². The molecule has 0 radical (unpaired) electrons. The van der Waals surface area contributed by atoms with E-state index in [1.54, 1.807) is 4.90 Å². The first-order chi connectivity index (χ1) is 8.37. The lowest BCUT2D eigenvalue weighted by atomic mass is 9.83.